The van der Waals surface area contributed by atoms with Gasteiger partial charge in [-0.3, -0.25) is 0 Å². The highest BCUT2D eigenvalue weighted by Gasteiger charge is 2.33. The molecule has 1 N–H and O–H groups in total. The van der Waals surface area contributed by atoms with Gasteiger partial charge in [-0.15, -0.1) is 0 Å². The predicted molar refractivity (Wildman–Crippen MR) is 76.2 cm³/mol. The number of nitrogens with zero attached hydrogens (tertiary/aromatic N) is 1. The first-order valence-corrected chi connectivity index (χ1v) is 7.06. The monoisotopic (exact) mass is 266 g/mol. The number of methoxy groups -OCH3 is 1. The van der Waals surface area contributed by atoms with Gasteiger partial charge in [0.25, 0.3) is 0 Å². The number of hydrogen-bond acceptors (Lipinski definition) is 4. The van der Waals surface area contributed by atoms with E-state index in [0.29, 0.717) is 5.41 Å². The van der Waals surface area contributed by atoms with Crippen LogP contribution < -0.4 is 5.32 Å². The summed E-state index contributed by atoms with van der Waals surface area (Å²) >= 11 is 0. The molecular weight excluding hydrogens is 240 g/mol. The lowest BCUT2D eigenvalue weighted by Gasteiger charge is -2.40. The minimum Gasteiger partial charge on any atom is -0.469 e. The van der Waals surface area contributed by atoms with Crippen LogP contribution in [0.25, 0.3) is 0 Å². The zero-order chi connectivity index (χ0) is 13.7. The summed E-state index contributed by atoms with van der Waals surface area (Å²) in [7, 11) is 4.00. The Balaban J connectivity index is 1.94. The summed E-state index contributed by atoms with van der Waals surface area (Å²) in [5.41, 5.74) is 1.58. The molecule has 0 radical (unpaired) electrons. The Labute approximate surface area is 116 Å². The van der Waals surface area contributed by atoms with Gasteiger partial charge >= 0.3 is 0 Å². The number of ether oxygens (including phenoxy) is 1. The third-order valence-corrected chi connectivity index (χ3v) is 4.13. The first-order chi connectivity index (χ1) is 9.15. The van der Waals surface area contributed by atoms with Crippen LogP contribution in [0.15, 0.2) is 16.7 Å². The SMILES string of the molecule is COCC1(CN(C)Cc2ccoc2C)CCNCC1. The van der Waals surface area contributed by atoms with E-state index in [1.165, 1.54) is 18.4 Å². The van der Waals surface area contributed by atoms with Gasteiger partial charge in [0.2, 0.25) is 0 Å². The first-order valence-electron chi connectivity index (χ1n) is 7.06. The van der Waals surface area contributed by atoms with E-state index in [-0.39, 0.29) is 0 Å². The van der Waals surface area contributed by atoms with Crippen LogP contribution in [0.2, 0.25) is 0 Å². The van der Waals surface area contributed by atoms with Crippen LogP contribution in [0.4, 0.5) is 0 Å². The molecule has 0 aromatic carbocycles. The van der Waals surface area contributed by atoms with Crippen molar-refractivity contribution in [3.8, 4) is 0 Å². The number of furan rings is 1. The largest absolute Gasteiger partial charge is 0.469 e. The van der Waals surface area contributed by atoms with Crippen molar-refractivity contribution in [1.29, 1.82) is 0 Å². The van der Waals surface area contributed by atoms with Crippen molar-refractivity contribution in [2.75, 3.05) is 40.4 Å². The molecule has 1 aromatic heterocycles. The van der Waals surface area contributed by atoms with Gasteiger partial charge in [0.05, 0.1) is 12.9 Å². The minimum atomic E-state index is 0.298. The van der Waals surface area contributed by atoms with E-state index >= 15 is 0 Å². The number of hydrogen-bond donors (Lipinski definition) is 1. The molecule has 4 nitrogen and oxygen atoms in total. The predicted octanol–water partition coefficient (Wildman–Crippen LogP) is 2.04. The van der Waals surface area contributed by atoms with Crippen LogP contribution in [0.1, 0.15) is 24.2 Å². The van der Waals surface area contributed by atoms with Crippen molar-refractivity contribution in [3.05, 3.63) is 23.7 Å². The van der Waals surface area contributed by atoms with E-state index in [1.54, 1.807) is 6.26 Å². The molecular formula is C15H26N2O2. The van der Waals surface area contributed by atoms with E-state index in [4.69, 9.17) is 9.15 Å². The highest BCUT2D eigenvalue weighted by atomic mass is 16.5. The Morgan fingerprint density at radius 3 is 2.74 bits per heavy atom. The summed E-state index contributed by atoms with van der Waals surface area (Å²) in [5, 5.41) is 3.44. The molecule has 4 heteroatoms. The molecule has 2 heterocycles. The normalized spacial score (nSPS) is 18.9. The third kappa shape index (κ3) is 3.81. The molecule has 0 unspecified atom stereocenters. The Bertz CT molecular complexity index is 378. The van der Waals surface area contributed by atoms with Gasteiger partial charge in [-0.05, 0) is 46.0 Å². The van der Waals surface area contributed by atoms with Crippen LogP contribution in [0.3, 0.4) is 0 Å². The van der Waals surface area contributed by atoms with Crippen LogP contribution in [0.5, 0.6) is 0 Å². The molecule has 2 rings (SSSR count). The molecule has 1 aromatic rings. The van der Waals surface area contributed by atoms with Crippen molar-refractivity contribution in [3.63, 3.8) is 0 Å². The highest BCUT2D eigenvalue weighted by Crippen LogP contribution is 2.30. The molecule has 0 spiro atoms. The molecule has 1 aliphatic rings. The molecule has 1 fully saturated rings. The second-order valence-electron chi connectivity index (χ2n) is 5.86. The first kappa shape index (κ1) is 14.6. The lowest BCUT2D eigenvalue weighted by atomic mass is 9.79. The smallest absolute Gasteiger partial charge is 0.105 e. The van der Waals surface area contributed by atoms with Crippen LogP contribution in [-0.4, -0.2) is 45.3 Å². The fourth-order valence-corrected chi connectivity index (χ4v) is 3.11. The van der Waals surface area contributed by atoms with Crippen molar-refractivity contribution in [2.45, 2.75) is 26.3 Å². The molecule has 1 aliphatic heterocycles. The van der Waals surface area contributed by atoms with Gasteiger partial charge in [-0.2, -0.15) is 0 Å². The van der Waals surface area contributed by atoms with E-state index in [9.17, 15) is 0 Å². The van der Waals surface area contributed by atoms with Crippen molar-refractivity contribution in [2.24, 2.45) is 5.41 Å². The molecule has 1 saturated heterocycles. The molecule has 0 aliphatic carbocycles. The zero-order valence-corrected chi connectivity index (χ0v) is 12.4. The number of piperidine rings is 1. The Hall–Kier alpha value is -0.840. The fraction of sp³-hybridized carbons (Fsp3) is 0.733. The number of rotatable bonds is 6. The summed E-state index contributed by atoms with van der Waals surface area (Å²) in [5.74, 6) is 1.03. The van der Waals surface area contributed by atoms with E-state index < -0.39 is 0 Å². The van der Waals surface area contributed by atoms with E-state index in [1.807, 2.05) is 14.0 Å². The topological polar surface area (TPSA) is 37.6 Å². The third-order valence-electron chi connectivity index (χ3n) is 4.13. The summed E-state index contributed by atoms with van der Waals surface area (Å²) in [6, 6.07) is 2.07. The lowest BCUT2D eigenvalue weighted by Crippen LogP contribution is -2.46. The quantitative estimate of drug-likeness (QED) is 0.855. The molecule has 108 valence electrons. The second-order valence-corrected chi connectivity index (χ2v) is 5.86. The standard InChI is InChI=1S/C15H26N2O2/c1-13-14(4-9-19-13)10-17(2)11-15(12-18-3)5-7-16-8-6-15/h4,9,16H,5-8,10-12H2,1-3H3. The summed E-state index contributed by atoms with van der Waals surface area (Å²) in [4.78, 5) is 2.39. The van der Waals surface area contributed by atoms with Crippen LogP contribution in [-0.2, 0) is 11.3 Å². The average molecular weight is 266 g/mol. The van der Waals surface area contributed by atoms with Gasteiger partial charge in [-0.1, -0.05) is 0 Å². The number of nitrogens with one attached hydrogen (secondary N) is 1. The maximum atomic E-state index is 5.47. The van der Waals surface area contributed by atoms with Gasteiger partial charge in [0.15, 0.2) is 0 Å². The molecule has 19 heavy (non-hydrogen) atoms. The Kier molecular flexibility index (Phi) is 5.02. The molecule has 0 amide bonds. The van der Waals surface area contributed by atoms with Crippen molar-refractivity contribution >= 4 is 0 Å². The lowest BCUT2D eigenvalue weighted by molar-refractivity contribution is 0.0268. The van der Waals surface area contributed by atoms with Gasteiger partial charge in [-0.25, -0.2) is 0 Å². The maximum Gasteiger partial charge on any atom is 0.105 e. The van der Waals surface area contributed by atoms with E-state index in [2.05, 4.69) is 23.3 Å². The second kappa shape index (κ2) is 6.55. The molecule has 0 saturated carbocycles. The van der Waals surface area contributed by atoms with Gasteiger partial charge in [0.1, 0.15) is 5.76 Å². The number of aryl methyl sites for hydroxylation is 1. The summed E-state index contributed by atoms with van der Waals surface area (Å²) in [6.45, 7) is 7.10. The molecule has 0 atom stereocenters. The van der Waals surface area contributed by atoms with Crippen LogP contribution >= 0.6 is 0 Å². The summed E-state index contributed by atoms with van der Waals surface area (Å²) in [6.07, 6.45) is 4.15. The Morgan fingerprint density at radius 1 is 1.42 bits per heavy atom. The van der Waals surface area contributed by atoms with Gasteiger partial charge in [0, 0.05) is 31.2 Å². The highest BCUT2D eigenvalue weighted by molar-refractivity contribution is 5.15. The van der Waals surface area contributed by atoms with Crippen molar-refractivity contribution in [1.82, 2.24) is 10.2 Å². The van der Waals surface area contributed by atoms with Gasteiger partial charge < -0.3 is 19.4 Å². The summed E-state index contributed by atoms with van der Waals surface area (Å²) < 4.78 is 10.8. The Morgan fingerprint density at radius 2 is 2.16 bits per heavy atom. The van der Waals surface area contributed by atoms with Crippen LogP contribution in [0, 0.1) is 12.3 Å². The average Bonchev–Trinajstić information content (AvgIpc) is 2.76. The van der Waals surface area contributed by atoms with Crippen molar-refractivity contribution < 1.29 is 9.15 Å². The minimum absolute atomic E-state index is 0.298. The van der Waals surface area contributed by atoms with E-state index in [0.717, 1.165) is 38.5 Å². The molecule has 0 bridgehead atoms. The zero-order valence-electron chi connectivity index (χ0n) is 12.4. The maximum absolute atomic E-state index is 5.47. The fourth-order valence-electron chi connectivity index (χ4n) is 3.11.